The van der Waals surface area contributed by atoms with Gasteiger partial charge < -0.3 is 9.67 Å². The molecule has 0 aliphatic carbocycles. The number of rotatable bonds is 2. The van der Waals surface area contributed by atoms with E-state index >= 15 is 0 Å². The zero-order valence-corrected chi connectivity index (χ0v) is 14.1. The van der Waals surface area contributed by atoms with E-state index in [4.69, 9.17) is 0 Å². The van der Waals surface area contributed by atoms with E-state index in [9.17, 15) is 5.11 Å². The summed E-state index contributed by atoms with van der Waals surface area (Å²) in [5, 5.41) is 12.3. The minimum absolute atomic E-state index is 0.286. The number of fused-ring (bicyclic) bond motifs is 3. The molecule has 0 saturated heterocycles. The van der Waals surface area contributed by atoms with E-state index in [0.717, 1.165) is 16.8 Å². The summed E-state index contributed by atoms with van der Waals surface area (Å²) in [6.07, 6.45) is 0. The third kappa shape index (κ3) is 2.27. The molecule has 0 radical (unpaired) electrons. The van der Waals surface area contributed by atoms with Crippen molar-refractivity contribution >= 4 is 21.8 Å². The van der Waals surface area contributed by atoms with Crippen molar-refractivity contribution < 1.29 is 5.11 Å². The Hall–Kier alpha value is -3.52. The monoisotopic (exact) mass is 335 g/mol. The Bertz CT molecular complexity index is 1240. The average Bonchev–Trinajstić information content (AvgIpc) is 3.02. The summed E-state index contributed by atoms with van der Waals surface area (Å²) >= 11 is 0. The molecule has 0 fully saturated rings. The highest BCUT2D eigenvalue weighted by atomic mass is 16.3. The Labute approximate surface area is 151 Å². The fourth-order valence-electron chi connectivity index (χ4n) is 3.69. The molecule has 0 bridgehead atoms. The summed E-state index contributed by atoms with van der Waals surface area (Å²) in [6, 6.07) is 32.8. The number of para-hydroxylation sites is 2. The van der Waals surface area contributed by atoms with Gasteiger partial charge in [0.1, 0.15) is 5.75 Å². The highest BCUT2D eigenvalue weighted by Gasteiger charge is 2.12. The van der Waals surface area contributed by atoms with Gasteiger partial charge in [-0.25, -0.2) is 0 Å². The van der Waals surface area contributed by atoms with Crippen molar-refractivity contribution in [1.29, 1.82) is 0 Å². The fraction of sp³-hybridized carbons (Fsp3) is 0. The van der Waals surface area contributed by atoms with E-state index in [2.05, 4.69) is 71.3 Å². The molecule has 0 aliphatic rings. The van der Waals surface area contributed by atoms with Crippen LogP contribution in [0.3, 0.4) is 0 Å². The largest absolute Gasteiger partial charge is 0.508 e. The minimum atomic E-state index is 0.286. The maximum Gasteiger partial charge on any atom is 0.116 e. The number of nitrogens with zero attached hydrogens (tertiary/aromatic N) is 1. The van der Waals surface area contributed by atoms with Crippen LogP contribution in [-0.2, 0) is 0 Å². The van der Waals surface area contributed by atoms with Gasteiger partial charge in [-0.1, -0.05) is 54.6 Å². The Kier molecular flexibility index (Phi) is 3.29. The standard InChI is InChI=1S/C24H17NO/c26-20-10-6-7-17(15-20)18-13-14-24-22(16-18)21-11-4-5-12-23(21)25(24)19-8-2-1-3-9-19/h1-16,26H. The van der Waals surface area contributed by atoms with Crippen LogP contribution in [0.25, 0.3) is 38.6 Å². The molecule has 2 nitrogen and oxygen atoms in total. The van der Waals surface area contributed by atoms with Crippen LogP contribution in [0.15, 0.2) is 97.1 Å². The first-order valence-corrected chi connectivity index (χ1v) is 8.69. The molecule has 0 atom stereocenters. The number of aromatic nitrogens is 1. The summed E-state index contributed by atoms with van der Waals surface area (Å²) in [5.41, 5.74) is 5.65. The molecule has 26 heavy (non-hydrogen) atoms. The van der Waals surface area contributed by atoms with E-state index in [1.54, 1.807) is 12.1 Å². The van der Waals surface area contributed by atoms with E-state index in [-0.39, 0.29) is 5.75 Å². The van der Waals surface area contributed by atoms with E-state index in [1.807, 2.05) is 18.2 Å². The van der Waals surface area contributed by atoms with Gasteiger partial charge in [-0.3, -0.25) is 0 Å². The van der Waals surface area contributed by atoms with Gasteiger partial charge in [-0.15, -0.1) is 0 Å². The van der Waals surface area contributed by atoms with Crippen molar-refractivity contribution in [3.05, 3.63) is 97.1 Å². The van der Waals surface area contributed by atoms with Crippen LogP contribution >= 0.6 is 0 Å². The normalized spacial score (nSPS) is 11.2. The summed E-state index contributed by atoms with van der Waals surface area (Å²) in [4.78, 5) is 0. The van der Waals surface area contributed by atoms with E-state index in [1.165, 1.54) is 21.8 Å². The average molecular weight is 335 g/mol. The summed E-state index contributed by atoms with van der Waals surface area (Å²) in [7, 11) is 0. The number of hydrogen-bond donors (Lipinski definition) is 1. The lowest BCUT2D eigenvalue weighted by Gasteiger charge is -2.08. The van der Waals surface area contributed by atoms with Crippen molar-refractivity contribution in [2.45, 2.75) is 0 Å². The van der Waals surface area contributed by atoms with Crippen molar-refractivity contribution in [2.75, 3.05) is 0 Å². The first-order chi connectivity index (χ1) is 12.8. The molecule has 0 spiro atoms. The molecule has 0 aliphatic heterocycles. The Morgan fingerprint density at radius 3 is 2.12 bits per heavy atom. The number of phenolic OH excluding ortho intramolecular Hbond substituents is 1. The molecule has 2 heteroatoms. The third-order valence-electron chi connectivity index (χ3n) is 4.87. The zero-order valence-electron chi connectivity index (χ0n) is 14.1. The molecule has 5 rings (SSSR count). The molecule has 0 amide bonds. The van der Waals surface area contributed by atoms with Gasteiger partial charge >= 0.3 is 0 Å². The summed E-state index contributed by atoms with van der Waals surface area (Å²) in [6.45, 7) is 0. The summed E-state index contributed by atoms with van der Waals surface area (Å²) in [5.74, 6) is 0.286. The van der Waals surface area contributed by atoms with Gasteiger partial charge in [0.2, 0.25) is 0 Å². The Morgan fingerprint density at radius 2 is 1.27 bits per heavy atom. The molecule has 0 saturated carbocycles. The smallest absolute Gasteiger partial charge is 0.116 e. The van der Waals surface area contributed by atoms with Crippen LogP contribution in [-0.4, -0.2) is 9.67 Å². The minimum Gasteiger partial charge on any atom is -0.508 e. The predicted molar refractivity (Wildman–Crippen MR) is 108 cm³/mol. The van der Waals surface area contributed by atoms with Crippen molar-refractivity contribution in [2.24, 2.45) is 0 Å². The van der Waals surface area contributed by atoms with Crippen molar-refractivity contribution in [1.82, 2.24) is 4.57 Å². The number of hydrogen-bond acceptors (Lipinski definition) is 1. The third-order valence-corrected chi connectivity index (χ3v) is 4.87. The van der Waals surface area contributed by atoms with Gasteiger partial charge in [0.25, 0.3) is 0 Å². The van der Waals surface area contributed by atoms with Crippen LogP contribution < -0.4 is 0 Å². The van der Waals surface area contributed by atoms with Crippen LogP contribution in [0, 0.1) is 0 Å². The lowest BCUT2D eigenvalue weighted by molar-refractivity contribution is 0.475. The quantitative estimate of drug-likeness (QED) is 0.411. The lowest BCUT2D eigenvalue weighted by Crippen LogP contribution is -1.92. The second kappa shape index (κ2) is 5.78. The Morgan fingerprint density at radius 1 is 0.538 bits per heavy atom. The fourth-order valence-corrected chi connectivity index (χ4v) is 3.69. The topological polar surface area (TPSA) is 25.2 Å². The second-order valence-corrected chi connectivity index (χ2v) is 6.47. The van der Waals surface area contributed by atoms with Gasteiger partial charge in [0.15, 0.2) is 0 Å². The predicted octanol–water partition coefficient (Wildman–Crippen LogP) is 6.16. The molecular weight excluding hydrogens is 318 g/mol. The summed E-state index contributed by atoms with van der Waals surface area (Å²) < 4.78 is 2.30. The molecular formula is C24H17NO. The Balaban J connectivity index is 1.84. The lowest BCUT2D eigenvalue weighted by atomic mass is 10.0. The van der Waals surface area contributed by atoms with Crippen LogP contribution in [0.5, 0.6) is 5.75 Å². The van der Waals surface area contributed by atoms with Gasteiger partial charge in [-0.2, -0.15) is 0 Å². The SMILES string of the molecule is Oc1cccc(-c2ccc3c(c2)c2ccccc2n3-c2ccccc2)c1. The van der Waals surface area contributed by atoms with Crippen molar-refractivity contribution in [3.63, 3.8) is 0 Å². The van der Waals surface area contributed by atoms with E-state index < -0.39 is 0 Å². The highest BCUT2D eigenvalue weighted by Crippen LogP contribution is 2.35. The van der Waals surface area contributed by atoms with Gasteiger partial charge in [0.05, 0.1) is 11.0 Å². The maximum atomic E-state index is 9.81. The molecule has 1 aromatic heterocycles. The van der Waals surface area contributed by atoms with E-state index in [0.29, 0.717) is 0 Å². The molecule has 1 heterocycles. The highest BCUT2D eigenvalue weighted by molar-refractivity contribution is 6.10. The maximum absolute atomic E-state index is 9.81. The van der Waals surface area contributed by atoms with Gasteiger partial charge in [-0.05, 0) is 53.6 Å². The molecule has 1 N–H and O–H groups in total. The van der Waals surface area contributed by atoms with Crippen LogP contribution in [0.2, 0.25) is 0 Å². The molecule has 0 unspecified atom stereocenters. The van der Waals surface area contributed by atoms with Crippen LogP contribution in [0.1, 0.15) is 0 Å². The number of aromatic hydroxyl groups is 1. The zero-order chi connectivity index (χ0) is 17.5. The van der Waals surface area contributed by atoms with Crippen LogP contribution in [0.4, 0.5) is 0 Å². The number of phenols is 1. The molecule has 5 aromatic rings. The molecule has 124 valence electrons. The molecule has 4 aromatic carbocycles. The first-order valence-electron chi connectivity index (χ1n) is 8.69. The first kappa shape index (κ1) is 14.8. The van der Waals surface area contributed by atoms with Gasteiger partial charge in [0, 0.05) is 16.5 Å². The second-order valence-electron chi connectivity index (χ2n) is 6.47. The van der Waals surface area contributed by atoms with Crippen molar-refractivity contribution in [3.8, 4) is 22.6 Å². The number of benzene rings is 4.